The Kier molecular flexibility index (Phi) is 10.3. The molecule has 0 aliphatic carbocycles. The number of pyridine rings is 1. The van der Waals surface area contributed by atoms with Crippen molar-refractivity contribution in [3.8, 4) is 17.4 Å². The van der Waals surface area contributed by atoms with Crippen molar-refractivity contribution >= 4 is 29.9 Å². The molecule has 0 bridgehead atoms. The van der Waals surface area contributed by atoms with Crippen molar-refractivity contribution in [2.45, 2.75) is 40.8 Å². The number of aromatic nitrogens is 2. The van der Waals surface area contributed by atoms with Gasteiger partial charge in [0.1, 0.15) is 17.3 Å². The molecule has 9 heteroatoms. The van der Waals surface area contributed by atoms with Crippen molar-refractivity contribution in [3.05, 3.63) is 65.5 Å². The molecular weight excluding hydrogens is 521 g/mol. The van der Waals surface area contributed by atoms with E-state index < -0.39 is 0 Å². The molecule has 2 aromatic heterocycles. The van der Waals surface area contributed by atoms with E-state index >= 15 is 0 Å². The number of nitrogens with zero attached hydrogens (tertiary/aromatic N) is 3. The van der Waals surface area contributed by atoms with Gasteiger partial charge in [0, 0.05) is 18.8 Å². The molecule has 0 spiro atoms. The molecule has 1 aromatic carbocycles. The molecule has 0 saturated carbocycles. The second-order valence-electron chi connectivity index (χ2n) is 6.81. The number of halogens is 1. The summed E-state index contributed by atoms with van der Waals surface area (Å²) in [6.45, 7) is 10.1. The van der Waals surface area contributed by atoms with E-state index in [0.29, 0.717) is 43.2 Å². The number of nitrogens with one attached hydrogen (secondary N) is 2. The lowest BCUT2D eigenvalue weighted by atomic mass is 10.2. The summed E-state index contributed by atoms with van der Waals surface area (Å²) in [6, 6.07) is 11.3. The van der Waals surface area contributed by atoms with E-state index in [1.807, 2.05) is 64.1 Å². The van der Waals surface area contributed by atoms with Crippen LogP contribution in [0.3, 0.4) is 0 Å². The Morgan fingerprint density at radius 3 is 2.47 bits per heavy atom. The van der Waals surface area contributed by atoms with Gasteiger partial charge in [0.25, 0.3) is 0 Å². The van der Waals surface area contributed by atoms with Crippen LogP contribution in [0.5, 0.6) is 17.4 Å². The number of ether oxygens (including phenoxy) is 2. The normalized spacial score (nSPS) is 10.9. The molecule has 3 rings (SSSR count). The van der Waals surface area contributed by atoms with E-state index in [1.165, 1.54) is 0 Å². The van der Waals surface area contributed by atoms with Gasteiger partial charge in [-0.3, -0.25) is 0 Å². The van der Waals surface area contributed by atoms with Crippen molar-refractivity contribution < 1.29 is 13.9 Å². The molecular formula is C23H30IN5O3. The van der Waals surface area contributed by atoms with Crippen molar-refractivity contribution in [1.29, 1.82) is 0 Å². The minimum absolute atomic E-state index is 0. The zero-order chi connectivity index (χ0) is 22.1. The van der Waals surface area contributed by atoms with Gasteiger partial charge in [-0.25, -0.2) is 15.0 Å². The lowest BCUT2D eigenvalue weighted by Crippen LogP contribution is -2.36. The number of rotatable bonds is 9. The summed E-state index contributed by atoms with van der Waals surface area (Å²) in [5, 5.41) is 6.47. The van der Waals surface area contributed by atoms with Crippen LogP contribution in [0.25, 0.3) is 0 Å². The Morgan fingerprint density at radius 1 is 1.06 bits per heavy atom. The summed E-state index contributed by atoms with van der Waals surface area (Å²) >= 11 is 0. The Hall–Kier alpha value is -2.82. The first kappa shape index (κ1) is 25.4. The van der Waals surface area contributed by atoms with Crippen LogP contribution in [0.15, 0.2) is 52.0 Å². The molecule has 0 unspecified atom stereocenters. The molecule has 2 N–H and O–H groups in total. The number of benzene rings is 1. The number of hydrogen-bond donors (Lipinski definition) is 2. The van der Waals surface area contributed by atoms with E-state index in [4.69, 9.17) is 13.9 Å². The SMILES string of the molecule is CCNC(=NCc1ccnc(Oc2ccc(OCC)cc2)c1)NCc1nc(C)c(C)o1.I. The fourth-order valence-corrected chi connectivity index (χ4v) is 2.78. The Morgan fingerprint density at radius 2 is 1.81 bits per heavy atom. The first-order chi connectivity index (χ1) is 15.1. The quantitative estimate of drug-likeness (QED) is 0.225. The van der Waals surface area contributed by atoms with E-state index in [2.05, 4.69) is 25.6 Å². The van der Waals surface area contributed by atoms with Crippen LogP contribution < -0.4 is 20.1 Å². The van der Waals surface area contributed by atoms with Crippen molar-refractivity contribution in [1.82, 2.24) is 20.6 Å². The summed E-state index contributed by atoms with van der Waals surface area (Å²) in [7, 11) is 0. The number of guanidine groups is 1. The Labute approximate surface area is 205 Å². The third-order valence-electron chi connectivity index (χ3n) is 4.40. The third kappa shape index (κ3) is 7.70. The molecule has 32 heavy (non-hydrogen) atoms. The highest BCUT2D eigenvalue weighted by Gasteiger charge is 2.07. The first-order valence-electron chi connectivity index (χ1n) is 10.4. The van der Waals surface area contributed by atoms with Crippen LogP contribution in [-0.4, -0.2) is 29.1 Å². The van der Waals surface area contributed by atoms with Crippen LogP contribution in [-0.2, 0) is 13.1 Å². The maximum absolute atomic E-state index is 5.86. The molecule has 0 aliphatic rings. The maximum atomic E-state index is 5.86. The summed E-state index contributed by atoms with van der Waals surface area (Å²) in [6.07, 6.45) is 1.72. The van der Waals surface area contributed by atoms with Gasteiger partial charge in [-0.1, -0.05) is 0 Å². The van der Waals surface area contributed by atoms with Gasteiger partial charge >= 0.3 is 0 Å². The largest absolute Gasteiger partial charge is 0.494 e. The van der Waals surface area contributed by atoms with Gasteiger partial charge in [0.05, 0.1) is 25.4 Å². The van der Waals surface area contributed by atoms with Gasteiger partial charge in [-0.2, -0.15) is 0 Å². The molecule has 0 atom stereocenters. The average Bonchev–Trinajstić information content (AvgIpc) is 3.09. The smallest absolute Gasteiger partial charge is 0.219 e. The lowest BCUT2D eigenvalue weighted by molar-refractivity contribution is 0.339. The van der Waals surface area contributed by atoms with Gasteiger partial charge in [0.15, 0.2) is 5.96 Å². The summed E-state index contributed by atoms with van der Waals surface area (Å²) in [4.78, 5) is 13.3. The number of oxazole rings is 1. The highest BCUT2D eigenvalue weighted by molar-refractivity contribution is 14.0. The molecule has 0 fully saturated rings. The average molecular weight is 551 g/mol. The molecule has 0 amide bonds. The monoisotopic (exact) mass is 551 g/mol. The molecule has 2 heterocycles. The summed E-state index contributed by atoms with van der Waals surface area (Å²) < 4.78 is 16.9. The van der Waals surface area contributed by atoms with Crippen LogP contribution in [0, 0.1) is 13.8 Å². The summed E-state index contributed by atoms with van der Waals surface area (Å²) in [5.74, 6) is 4.17. The van der Waals surface area contributed by atoms with Gasteiger partial charge < -0.3 is 24.5 Å². The molecule has 8 nitrogen and oxygen atoms in total. The second-order valence-corrected chi connectivity index (χ2v) is 6.81. The van der Waals surface area contributed by atoms with Crippen molar-refractivity contribution in [2.75, 3.05) is 13.2 Å². The topological polar surface area (TPSA) is 93.8 Å². The molecule has 3 aromatic rings. The summed E-state index contributed by atoms with van der Waals surface area (Å²) in [5.41, 5.74) is 1.88. The zero-order valence-corrected chi connectivity index (χ0v) is 21.2. The minimum atomic E-state index is 0. The van der Waals surface area contributed by atoms with E-state index in [9.17, 15) is 0 Å². The number of aryl methyl sites for hydroxylation is 2. The maximum Gasteiger partial charge on any atom is 0.219 e. The van der Waals surface area contributed by atoms with Crippen LogP contribution in [0.2, 0.25) is 0 Å². The van der Waals surface area contributed by atoms with Gasteiger partial charge in [-0.05, 0) is 63.6 Å². The van der Waals surface area contributed by atoms with Gasteiger partial charge in [-0.15, -0.1) is 24.0 Å². The van der Waals surface area contributed by atoms with Gasteiger partial charge in [0.2, 0.25) is 11.8 Å². The third-order valence-corrected chi connectivity index (χ3v) is 4.40. The van der Waals surface area contributed by atoms with Crippen molar-refractivity contribution in [3.63, 3.8) is 0 Å². The fourth-order valence-electron chi connectivity index (χ4n) is 2.78. The highest BCUT2D eigenvalue weighted by atomic mass is 127. The lowest BCUT2D eigenvalue weighted by Gasteiger charge is -2.10. The highest BCUT2D eigenvalue weighted by Crippen LogP contribution is 2.23. The predicted molar refractivity (Wildman–Crippen MR) is 135 cm³/mol. The number of hydrogen-bond acceptors (Lipinski definition) is 6. The Balaban J connectivity index is 0.00000363. The number of aliphatic imine (C=N–C) groups is 1. The molecule has 172 valence electrons. The molecule has 0 radical (unpaired) electrons. The van der Waals surface area contributed by atoms with Crippen LogP contribution in [0.1, 0.15) is 36.8 Å². The molecule has 0 aliphatic heterocycles. The standard InChI is InChI=1S/C23H29N5O3.HI/c1-5-24-23(27-15-22-28-16(3)17(4)30-22)26-14-18-11-12-25-21(13-18)31-20-9-7-19(8-10-20)29-6-2;/h7-13H,5-6,14-15H2,1-4H3,(H2,24,26,27);1H. The minimum Gasteiger partial charge on any atom is -0.494 e. The van der Waals surface area contributed by atoms with Crippen molar-refractivity contribution in [2.24, 2.45) is 4.99 Å². The van der Waals surface area contributed by atoms with E-state index in [-0.39, 0.29) is 24.0 Å². The second kappa shape index (κ2) is 12.9. The predicted octanol–water partition coefficient (Wildman–Crippen LogP) is 4.75. The van der Waals surface area contributed by atoms with Crippen LogP contribution >= 0.6 is 24.0 Å². The van der Waals surface area contributed by atoms with E-state index in [0.717, 1.165) is 29.3 Å². The zero-order valence-electron chi connectivity index (χ0n) is 18.8. The fraction of sp³-hybridized carbons (Fsp3) is 0.348. The Bertz CT molecular complexity index is 986. The molecule has 0 saturated heterocycles. The van der Waals surface area contributed by atoms with Crippen LogP contribution in [0.4, 0.5) is 0 Å². The van der Waals surface area contributed by atoms with E-state index in [1.54, 1.807) is 6.20 Å². The first-order valence-corrected chi connectivity index (χ1v) is 10.4.